The molecule has 94 valence electrons. The summed E-state index contributed by atoms with van der Waals surface area (Å²) in [6.07, 6.45) is 5.81. The number of anilines is 1. The zero-order valence-electron chi connectivity index (χ0n) is 10.3. The third-order valence-electron chi connectivity index (χ3n) is 3.26. The van der Waals surface area contributed by atoms with Crippen molar-refractivity contribution in [2.45, 2.75) is 12.8 Å². The number of carbonyl (C=O) groups excluding carboxylic acids is 1. The first-order valence-electron chi connectivity index (χ1n) is 6.11. The minimum Gasteiger partial charge on any atom is -0.357 e. The number of nitrogens with one attached hydrogen (secondary N) is 1. The molecular weight excluding hydrogens is 230 g/mol. The number of hydrogen-bond donors (Lipinski definition) is 1. The van der Waals surface area contributed by atoms with Crippen LogP contribution in [-0.4, -0.2) is 40.6 Å². The van der Waals surface area contributed by atoms with Gasteiger partial charge in [-0.2, -0.15) is 5.10 Å². The van der Waals surface area contributed by atoms with Gasteiger partial charge < -0.3 is 10.2 Å². The second-order valence-electron chi connectivity index (χ2n) is 4.39. The lowest BCUT2D eigenvalue weighted by atomic mass is 10.3. The van der Waals surface area contributed by atoms with E-state index in [1.165, 1.54) is 12.8 Å². The van der Waals surface area contributed by atoms with Gasteiger partial charge in [-0.25, -0.2) is 9.50 Å². The maximum Gasteiger partial charge on any atom is 0.256 e. The molecule has 6 nitrogen and oxygen atoms in total. The van der Waals surface area contributed by atoms with Crippen LogP contribution in [0.25, 0.3) is 5.65 Å². The molecule has 0 radical (unpaired) electrons. The average Bonchev–Trinajstić information content (AvgIpc) is 3.06. The molecule has 6 heteroatoms. The van der Waals surface area contributed by atoms with Crippen LogP contribution in [0.15, 0.2) is 18.5 Å². The summed E-state index contributed by atoms with van der Waals surface area (Å²) in [5, 5.41) is 6.73. The summed E-state index contributed by atoms with van der Waals surface area (Å²) < 4.78 is 1.63. The maximum absolute atomic E-state index is 11.7. The number of nitrogens with zero attached hydrogens (tertiary/aromatic N) is 4. The molecule has 1 fully saturated rings. The minimum absolute atomic E-state index is 0.156. The first kappa shape index (κ1) is 11.0. The summed E-state index contributed by atoms with van der Waals surface area (Å²) in [4.78, 5) is 18.5. The van der Waals surface area contributed by atoms with E-state index in [0.29, 0.717) is 11.2 Å². The van der Waals surface area contributed by atoms with Crippen LogP contribution in [0.2, 0.25) is 0 Å². The second-order valence-corrected chi connectivity index (χ2v) is 4.39. The van der Waals surface area contributed by atoms with Gasteiger partial charge in [0.15, 0.2) is 5.65 Å². The first-order chi connectivity index (χ1) is 8.79. The van der Waals surface area contributed by atoms with Crippen LogP contribution in [-0.2, 0) is 0 Å². The molecule has 2 aromatic rings. The zero-order valence-corrected chi connectivity index (χ0v) is 10.3. The summed E-state index contributed by atoms with van der Waals surface area (Å²) in [7, 11) is 1.61. The van der Waals surface area contributed by atoms with E-state index in [2.05, 4.69) is 20.3 Å². The van der Waals surface area contributed by atoms with Gasteiger partial charge in [-0.15, -0.1) is 0 Å². The number of carbonyl (C=O) groups is 1. The van der Waals surface area contributed by atoms with Crippen molar-refractivity contribution >= 4 is 17.4 Å². The van der Waals surface area contributed by atoms with Crippen LogP contribution >= 0.6 is 0 Å². The predicted molar refractivity (Wildman–Crippen MR) is 67.8 cm³/mol. The molecule has 0 atom stereocenters. The van der Waals surface area contributed by atoms with E-state index in [0.717, 1.165) is 18.9 Å². The molecule has 3 rings (SSSR count). The summed E-state index contributed by atoms with van der Waals surface area (Å²) in [6.45, 7) is 2.07. The third-order valence-corrected chi connectivity index (χ3v) is 3.26. The van der Waals surface area contributed by atoms with Crippen LogP contribution in [0.1, 0.15) is 23.2 Å². The smallest absolute Gasteiger partial charge is 0.256 e. The van der Waals surface area contributed by atoms with Crippen LogP contribution in [0.5, 0.6) is 0 Å². The van der Waals surface area contributed by atoms with E-state index in [4.69, 9.17) is 0 Å². The van der Waals surface area contributed by atoms with Gasteiger partial charge >= 0.3 is 0 Å². The summed E-state index contributed by atoms with van der Waals surface area (Å²) in [6, 6.07) is 1.94. The van der Waals surface area contributed by atoms with Crippen molar-refractivity contribution in [1.82, 2.24) is 19.9 Å². The maximum atomic E-state index is 11.7. The van der Waals surface area contributed by atoms with Crippen LogP contribution in [0, 0.1) is 0 Å². The highest BCUT2D eigenvalue weighted by Gasteiger charge is 2.17. The summed E-state index contributed by atoms with van der Waals surface area (Å²) in [5.74, 6) is 0.765. The van der Waals surface area contributed by atoms with E-state index in [1.54, 1.807) is 17.8 Å². The fourth-order valence-electron chi connectivity index (χ4n) is 2.28. The van der Waals surface area contributed by atoms with Gasteiger partial charge in [0.25, 0.3) is 5.91 Å². The van der Waals surface area contributed by atoms with Crippen molar-refractivity contribution in [2.24, 2.45) is 0 Å². The SMILES string of the molecule is CNC(=O)c1cnn2ccc(N3CCCC3)nc12. The fourth-order valence-corrected chi connectivity index (χ4v) is 2.28. The molecule has 0 aliphatic carbocycles. The summed E-state index contributed by atoms with van der Waals surface area (Å²) in [5.41, 5.74) is 1.12. The van der Waals surface area contributed by atoms with Crippen molar-refractivity contribution in [1.29, 1.82) is 0 Å². The normalized spacial score (nSPS) is 15.3. The van der Waals surface area contributed by atoms with E-state index in [-0.39, 0.29) is 5.91 Å². The average molecular weight is 245 g/mol. The van der Waals surface area contributed by atoms with Gasteiger partial charge in [0.2, 0.25) is 0 Å². The first-order valence-corrected chi connectivity index (χ1v) is 6.11. The molecule has 1 aliphatic rings. The lowest BCUT2D eigenvalue weighted by Crippen LogP contribution is -2.20. The Morgan fingerprint density at radius 2 is 2.17 bits per heavy atom. The number of aromatic nitrogens is 3. The topological polar surface area (TPSA) is 62.5 Å². The van der Waals surface area contributed by atoms with Gasteiger partial charge in [-0.3, -0.25) is 4.79 Å². The Hall–Kier alpha value is -2.11. The molecule has 0 aromatic carbocycles. The lowest BCUT2D eigenvalue weighted by Gasteiger charge is -2.15. The quantitative estimate of drug-likeness (QED) is 0.845. The van der Waals surface area contributed by atoms with Crippen molar-refractivity contribution < 1.29 is 4.79 Å². The Kier molecular flexibility index (Phi) is 2.62. The molecule has 0 saturated carbocycles. The standard InChI is InChI=1S/C12H15N5O/c1-13-12(18)9-8-14-17-7-4-10(15-11(9)17)16-5-2-3-6-16/h4,7-8H,2-3,5-6H2,1H3,(H,13,18). The van der Waals surface area contributed by atoms with Crippen LogP contribution < -0.4 is 10.2 Å². The Labute approximate surface area is 105 Å². The fraction of sp³-hybridized carbons (Fsp3) is 0.417. The van der Waals surface area contributed by atoms with Gasteiger partial charge in [0, 0.05) is 26.3 Å². The van der Waals surface area contributed by atoms with Crippen molar-refractivity contribution in [2.75, 3.05) is 25.0 Å². The molecule has 1 amide bonds. The van der Waals surface area contributed by atoms with Crippen LogP contribution in [0.3, 0.4) is 0 Å². The molecule has 1 N–H and O–H groups in total. The summed E-state index contributed by atoms with van der Waals surface area (Å²) >= 11 is 0. The Bertz CT molecular complexity index is 585. The molecule has 0 unspecified atom stereocenters. The highest BCUT2D eigenvalue weighted by Crippen LogP contribution is 2.19. The lowest BCUT2D eigenvalue weighted by molar-refractivity contribution is 0.0964. The van der Waals surface area contributed by atoms with E-state index < -0.39 is 0 Å². The number of rotatable bonds is 2. The third kappa shape index (κ3) is 1.70. The molecule has 18 heavy (non-hydrogen) atoms. The molecule has 1 saturated heterocycles. The molecule has 0 spiro atoms. The Morgan fingerprint density at radius 1 is 1.39 bits per heavy atom. The van der Waals surface area contributed by atoms with Gasteiger partial charge in [0.1, 0.15) is 11.4 Å². The molecule has 3 heterocycles. The largest absolute Gasteiger partial charge is 0.357 e. The molecule has 0 bridgehead atoms. The highest BCUT2D eigenvalue weighted by molar-refractivity contribution is 5.99. The van der Waals surface area contributed by atoms with Crippen LogP contribution in [0.4, 0.5) is 5.82 Å². The second kappa shape index (κ2) is 4.29. The monoisotopic (exact) mass is 245 g/mol. The Morgan fingerprint density at radius 3 is 2.89 bits per heavy atom. The predicted octanol–water partition coefficient (Wildman–Crippen LogP) is 0.689. The zero-order chi connectivity index (χ0) is 12.5. The van der Waals surface area contributed by atoms with E-state index in [9.17, 15) is 4.79 Å². The van der Waals surface area contributed by atoms with Gasteiger partial charge in [-0.05, 0) is 18.9 Å². The number of hydrogen-bond acceptors (Lipinski definition) is 4. The van der Waals surface area contributed by atoms with Gasteiger partial charge in [0.05, 0.1) is 6.20 Å². The minimum atomic E-state index is -0.156. The highest BCUT2D eigenvalue weighted by atomic mass is 16.1. The molecule has 1 aliphatic heterocycles. The van der Waals surface area contributed by atoms with E-state index >= 15 is 0 Å². The van der Waals surface area contributed by atoms with E-state index in [1.807, 2.05) is 12.3 Å². The van der Waals surface area contributed by atoms with Gasteiger partial charge in [-0.1, -0.05) is 0 Å². The molecular formula is C12H15N5O. The molecule has 2 aromatic heterocycles. The van der Waals surface area contributed by atoms with Crippen molar-refractivity contribution in [3.8, 4) is 0 Å². The van der Waals surface area contributed by atoms with Crippen molar-refractivity contribution in [3.63, 3.8) is 0 Å². The Balaban J connectivity index is 2.06. The number of amides is 1. The van der Waals surface area contributed by atoms with Crippen molar-refractivity contribution in [3.05, 3.63) is 24.0 Å². The number of fused-ring (bicyclic) bond motifs is 1.